The van der Waals surface area contributed by atoms with Crippen LogP contribution in [0.2, 0.25) is 0 Å². The molecule has 81 heavy (non-hydrogen) atoms. The number of benzene rings is 8. The lowest BCUT2D eigenvalue weighted by Gasteiger charge is -2.56. The molecular weight excluding hydrogens is 978 g/mol. The van der Waals surface area contributed by atoms with Crippen LogP contribution in [-0.2, 0) is 37.9 Å². The first-order chi connectivity index (χ1) is 38.0. The van der Waals surface area contributed by atoms with Crippen molar-refractivity contribution in [2.24, 2.45) is 0 Å². The van der Waals surface area contributed by atoms with Crippen LogP contribution in [0.4, 0.5) is 45.5 Å². The van der Waals surface area contributed by atoms with Crippen molar-refractivity contribution in [2.75, 3.05) is 14.7 Å². The molecule has 0 saturated heterocycles. The summed E-state index contributed by atoms with van der Waals surface area (Å²) in [4.78, 5) is 8.32. The van der Waals surface area contributed by atoms with E-state index in [-0.39, 0.29) is 50.2 Å². The van der Waals surface area contributed by atoms with Crippen molar-refractivity contribution >= 4 is 68.6 Å². The van der Waals surface area contributed by atoms with Gasteiger partial charge in [-0.1, -0.05) is 196 Å². The fourth-order valence-electron chi connectivity index (χ4n) is 16.0. The van der Waals surface area contributed by atoms with Crippen LogP contribution >= 0.6 is 0 Å². The molecule has 4 heteroatoms. The van der Waals surface area contributed by atoms with E-state index in [1.807, 2.05) is 0 Å². The van der Waals surface area contributed by atoms with E-state index >= 15 is 0 Å². The standard InChI is InChI=1S/C77H84BN3/c1-70(2,3)49-28-31-62(53(38-49)47-24-20-18-21-25-47)79-64-33-30-52-42-60(64)78-61-44-57-56(74(13,14)34-35-75(57,15)58-46-65-59(43-55(58)73(10,11)12)76(16)36-37-77(76,17)81(52)65)45-66(61)80(68-41-51(72(7,8)9)40-67(79)69(68)78)63-32-29-50(71(4,5)6)39-54(63)48-26-22-19-23-27-48/h18-33,38-46H,34-37H2,1-17H3. The van der Waals surface area contributed by atoms with Crippen LogP contribution in [0.1, 0.15) is 188 Å². The maximum absolute atomic E-state index is 2.85. The van der Waals surface area contributed by atoms with Gasteiger partial charge in [0, 0.05) is 56.1 Å². The zero-order valence-corrected chi connectivity index (χ0v) is 51.7. The molecule has 0 spiro atoms. The monoisotopic (exact) mass is 1060 g/mol. The van der Waals surface area contributed by atoms with Gasteiger partial charge in [-0.3, -0.25) is 0 Å². The van der Waals surface area contributed by atoms with Crippen LogP contribution in [-0.4, -0.2) is 12.3 Å². The molecule has 6 bridgehead atoms. The summed E-state index contributed by atoms with van der Waals surface area (Å²) in [6.45, 7) is 41.6. The predicted octanol–water partition coefficient (Wildman–Crippen LogP) is 18.9. The van der Waals surface area contributed by atoms with E-state index in [9.17, 15) is 0 Å². The molecule has 1 fully saturated rings. The Morgan fingerprint density at radius 3 is 1.42 bits per heavy atom. The summed E-state index contributed by atoms with van der Waals surface area (Å²) in [5, 5.41) is 0. The fraction of sp³-hybridized carbons (Fsp3) is 0.377. The van der Waals surface area contributed by atoms with Gasteiger partial charge in [-0.15, -0.1) is 0 Å². The third-order valence-electron chi connectivity index (χ3n) is 21.4. The zero-order valence-electron chi connectivity index (χ0n) is 51.7. The molecule has 2 aliphatic carbocycles. The van der Waals surface area contributed by atoms with Gasteiger partial charge in [-0.25, -0.2) is 0 Å². The maximum atomic E-state index is 2.85. The van der Waals surface area contributed by atoms with E-state index in [1.165, 1.54) is 135 Å². The SMILES string of the molecule is CC(C)(C)c1ccc(N2c3ccc4cc3B3c5cc6c(cc5N(c5ccc(C(C)(C)C)cc5-c5ccccc5)c5cc(C(C)(C)C)cc2c53)C(C)(C)CCC6(C)c2cc3c(cc2C(C)(C)C)C2(C)CCC2(C)N43)c(-c2ccccc2)c1. The third kappa shape index (κ3) is 7.32. The van der Waals surface area contributed by atoms with Crippen LogP contribution in [0.5, 0.6) is 0 Å². The minimum Gasteiger partial charge on any atom is -0.334 e. The molecule has 3 nitrogen and oxygen atoms in total. The maximum Gasteiger partial charge on any atom is 0.252 e. The quantitative estimate of drug-likeness (QED) is 0.163. The number of rotatable bonds is 4. The van der Waals surface area contributed by atoms with E-state index in [0.29, 0.717) is 0 Å². The van der Waals surface area contributed by atoms with Crippen molar-refractivity contribution in [3.8, 4) is 22.3 Å². The summed E-state index contributed by atoms with van der Waals surface area (Å²) in [5.41, 5.74) is 30.1. The second-order valence-electron chi connectivity index (χ2n) is 31.0. The van der Waals surface area contributed by atoms with E-state index in [1.54, 1.807) is 0 Å². The molecule has 0 N–H and O–H groups in total. The topological polar surface area (TPSA) is 9.72 Å². The summed E-state index contributed by atoms with van der Waals surface area (Å²) in [7, 11) is 0. The average molecular weight is 1060 g/mol. The summed E-state index contributed by atoms with van der Waals surface area (Å²) >= 11 is 0. The van der Waals surface area contributed by atoms with Gasteiger partial charge in [0.2, 0.25) is 0 Å². The van der Waals surface area contributed by atoms with Crippen molar-refractivity contribution in [2.45, 2.75) is 187 Å². The summed E-state index contributed by atoms with van der Waals surface area (Å²) < 4.78 is 0. The second-order valence-corrected chi connectivity index (χ2v) is 31.0. The highest BCUT2D eigenvalue weighted by atomic mass is 15.3. The Kier molecular flexibility index (Phi) is 10.8. The van der Waals surface area contributed by atoms with Crippen LogP contribution in [0, 0.1) is 0 Å². The Hall–Kier alpha value is -6.78. The Morgan fingerprint density at radius 2 is 0.901 bits per heavy atom. The Morgan fingerprint density at radius 1 is 0.383 bits per heavy atom. The zero-order chi connectivity index (χ0) is 57.1. The summed E-state index contributed by atoms with van der Waals surface area (Å²) in [6, 6.07) is 61.1. The van der Waals surface area contributed by atoms with Gasteiger partial charge in [0.15, 0.2) is 0 Å². The minimum atomic E-state index is -0.254. The molecule has 8 aromatic rings. The van der Waals surface area contributed by atoms with E-state index < -0.39 is 0 Å². The van der Waals surface area contributed by atoms with Crippen LogP contribution < -0.4 is 31.1 Å². The number of nitrogens with zero attached hydrogens (tertiary/aromatic N) is 3. The molecular formula is C77H84BN3. The van der Waals surface area contributed by atoms with Gasteiger partial charge >= 0.3 is 0 Å². The molecule has 410 valence electrons. The van der Waals surface area contributed by atoms with Crippen LogP contribution in [0.3, 0.4) is 0 Å². The lowest BCUT2D eigenvalue weighted by atomic mass is 9.33. The average Bonchev–Trinajstić information content (AvgIpc) is 1.84. The number of hydrogen-bond donors (Lipinski definition) is 0. The highest BCUT2D eigenvalue weighted by molar-refractivity contribution is 7.00. The molecule has 0 aromatic heterocycles. The predicted molar refractivity (Wildman–Crippen MR) is 348 cm³/mol. The number of fused-ring (bicyclic) bond motifs is 7. The van der Waals surface area contributed by atoms with Gasteiger partial charge in [0.1, 0.15) is 0 Å². The van der Waals surface area contributed by atoms with E-state index in [0.717, 1.165) is 19.3 Å². The van der Waals surface area contributed by atoms with Crippen molar-refractivity contribution in [3.63, 3.8) is 0 Å². The van der Waals surface area contributed by atoms with Crippen molar-refractivity contribution < 1.29 is 0 Å². The third-order valence-corrected chi connectivity index (χ3v) is 21.4. The normalized spacial score (nSPS) is 21.8. The van der Waals surface area contributed by atoms with Gasteiger partial charge in [0.05, 0.1) is 16.9 Å². The van der Waals surface area contributed by atoms with Gasteiger partial charge in [-0.2, -0.15) is 0 Å². The highest BCUT2D eigenvalue weighted by Crippen LogP contribution is 2.67. The molecule has 4 aliphatic heterocycles. The lowest BCUT2D eigenvalue weighted by Crippen LogP contribution is -2.63. The molecule has 8 aromatic carbocycles. The van der Waals surface area contributed by atoms with Crippen molar-refractivity contribution in [1.29, 1.82) is 0 Å². The molecule has 3 atom stereocenters. The number of hydrogen-bond acceptors (Lipinski definition) is 3. The van der Waals surface area contributed by atoms with Crippen molar-refractivity contribution in [3.05, 3.63) is 196 Å². The fourth-order valence-corrected chi connectivity index (χ4v) is 16.0. The minimum absolute atomic E-state index is 0.0151. The molecule has 14 rings (SSSR count). The van der Waals surface area contributed by atoms with Gasteiger partial charge < -0.3 is 14.7 Å². The lowest BCUT2D eigenvalue weighted by molar-refractivity contribution is 0.133. The van der Waals surface area contributed by atoms with Gasteiger partial charge in [-0.05, 0) is 198 Å². The largest absolute Gasteiger partial charge is 0.334 e. The Balaban J connectivity index is 1.18. The highest BCUT2D eigenvalue weighted by Gasteiger charge is 2.64. The van der Waals surface area contributed by atoms with Crippen molar-refractivity contribution in [1.82, 2.24) is 0 Å². The Bertz CT molecular complexity index is 3970. The van der Waals surface area contributed by atoms with E-state index in [4.69, 9.17) is 0 Å². The smallest absolute Gasteiger partial charge is 0.252 e. The summed E-state index contributed by atoms with van der Waals surface area (Å²) in [5.74, 6) is 0. The second kappa shape index (κ2) is 16.7. The molecule has 0 radical (unpaired) electrons. The molecule has 6 aliphatic rings. The molecule has 1 saturated carbocycles. The molecule has 4 heterocycles. The molecule has 0 amide bonds. The van der Waals surface area contributed by atoms with Crippen LogP contribution in [0.15, 0.2) is 152 Å². The van der Waals surface area contributed by atoms with E-state index in [2.05, 4.69) is 284 Å². The van der Waals surface area contributed by atoms with Gasteiger partial charge in [0.25, 0.3) is 6.71 Å². The molecule has 3 unspecified atom stereocenters. The van der Waals surface area contributed by atoms with Crippen LogP contribution in [0.25, 0.3) is 22.3 Å². The first kappa shape index (κ1) is 52.3. The first-order valence-corrected chi connectivity index (χ1v) is 30.5. The number of anilines is 8. The Labute approximate surface area is 485 Å². The first-order valence-electron chi connectivity index (χ1n) is 30.5. The summed E-state index contributed by atoms with van der Waals surface area (Å²) in [6.07, 6.45) is 4.52.